The van der Waals surface area contributed by atoms with Crippen molar-refractivity contribution in [2.24, 2.45) is 10.9 Å². The van der Waals surface area contributed by atoms with E-state index in [1.807, 2.05) is 19.9 Å². The van der Waals surface area contributed by atoms with E-state index < -0.39 is 0 Å². The summed E-state index contributed by atoms with van der Waals surface area (Å²) in [4.78, 5) is 9.50. The first-order chi connectivity index (χ1) is 9.06. The molecule has 3 heteroatoms. The van der Waals surface area contributed by atoms with Crippen molar-refractivity contribution in [1.29, 1.82) is 0 Å². The third kappa shape index (κ3) is 2.14. The molecule has 19 heavy (non-hydrogen) atoms. The Morgan fingerprint density at radius 1 is 1.21 bits per heavy atom. The molecule has 0 radical (unpaired) electrons. The van der Waals surface area contributed by atoms with E-state index >= 15 is 0 Å². The van der Waals surface area contributed by atoms with E-state index in [1.165, 1.54) is 5.56 Å². The molecule has 0 N–H and O–H groups in total. The predicted octanol–water partition coefficient (Wildman–Crippen LogP) is 4.10. The molecule has 2 nitrogen and oxygen atoms in total. The van der Waals surface area contributed by atoms with E-state index in [9.17, 15) is 0 Å². The van der Waals surface area contributed by atoms with Crippen LogP contribution in [0.25, 0.3) is 6.08 Å². The first-order valence-corrected chi connectivity index (χ1v) is 7.01. The van der Waals surface area contributed by atoms with Gasteiger partial charge in [0.15, 0.2) is 0 Å². The van der Waals surface area contributed by atoms with Crippen LogP contribution in [0.5, 0.6) is 0 Å². The van der Waals surface area contributed by atoms with E-state index in [1.54, 1.807) is 0 Å². The van der Waals surface area contributed by atoms with Gasteiger partial charge in [-0.3, -0.25) is 9.98 Å². The third-order valence-corrected chi connectivity index (χ3v) is 4.27. The van der Waals surface area contributed by atoms with Gasteiger partial charge in [0.2, 0.25) is 0 Å². The van der Waals surface area contributed by atoms with Gasteiger partial charge < -0.3 is 0 Å². The summed E-state index contributed by atoms with van der Waals surface area (Å²) in [5.41, 5.74) is 4.37. The summed E-state index contributed by atoms with van der Waals surface area (Å²) in [5, 5.41) is 0.880. The number of rotatable bonds is 0. The Hall–Kier alpha value is -1.41. The van der Waals surface area contributed by atoms with E-state index in [0.29, 0.717) is 0 Å². The molecule has 0 spiro atoms. The number of hydrogen-bond donors (Lipinski definition) is 0. The van der Waals surface area contributed by atoms with Gasteiger partial charge in [-0.15, -0.1) is 0 Å². The minimum absolute atomic E-state index is 0.157. The van der Waals surface area contributed by atoms with Crippen LogP contribution in [0.4, 0.5) is 0 Å². The van der Waals surface area contributed by atoms with Crippen LogP contribution in [0, 0.1) is 12.8 Å². The normalized spacial score (nSPS) is 28.9. The maximum Gasteiger partial charge on any atom is 0.0695 e. The summed E-state index contributed by atoms with van der Waals surface area (Å²) in [6, 6.07) is 4.34. The van der Waals surface area contributed by atoms with Crippen LogP contribution in [0.3, 0.4) is 0 Å². The number of aliphatic imine (C=N–C) groups is 1. The molecule has 0 bridgehead atoms. The first-order valence-electron chi connectivity index (χ1n) is 6.63. The van der Waals surface area contributed by atoms with Crippen LogP contribution in [0.2, 0.25) is 0 Å². The fourth-order valence-electron chi connectivity index (χ4n) is 2.90. The van der Waals surface area contributed by atoms with Gasteiger partial charge >= 0.3 is 0 Å². The van der Waals surface area contributed by atoms with Gasteiger partial charge in [-0.25, -0.2) is 0 Å². The van der Waals surface area contributed by atoms with Crippen molar-refractivity contribution >= 4 is 23.4 Å². The Kier molecular flexibility index (Phi) is 3.06. The lowest BCUT2D eigenvalue weighted by atomic mass is 9.86. The maximum absolute atomic E-state index is 6.41. The molecular weight excluding hydrogens is 256 g/mol. The number of halogens is 1. The molecule has 1 aromatic rings. The second-order valence-electron chi connectivity index (χ2n) is 5.39. The van der Waals surface area contributed by atoms with E-state index in [4.69, 9.17) is 21.6 Å². The van der Waals surface area contributed by atoms with Crippen LogP contribution in [-0.4, -0.2) is 16.7 Å². The van der Waals surface area contributed by atoms with Gasteiger partial charge in [-0.1, -0.05) is 36.7 Å². The standard InChI is InChI=1S/C16H17ClN2/c1-9-4-5-12-6-7-13-14(17)8-10(2)19-16(13)11(3)15(12)18-9/h4-8,11,13,16H,1-3H3/t11-,13?,16?/m1/s1. The summed E-state index contributed by atoms with van der Waals surface area (Å²) < 4.78 is 0. The van der Waals surface area contributed by atoms with Gasteiger partial charge in [0.05, 0.1) is 11.7 Å². The Bertz CT molecular complexity index is 613. The zero-order valence-electron chi connectivity index (χ0n) is 11.4. The highest BCUT2D eigenvalue weighted by atomic mass is 35.5. The topological polar surface area (TPSA) is 25.2 Å². The number of aryl methyl sites for hydroxylation is 1. The molecule has 2 heterocycles. The van der Waals surface area contributed by atoms with E-state index in [0.717, 1.165) is 22.1 Å². The van der Waals surface area contributed by atoms with Crippen LogP contribution in [0.1, 0.15) is 36.7 Å². The Labute approximate surface area is 118 Å². The van der Waals surface area contributed by atoms with Crippen LogP contribution >= 0.6 is 11.6 Å². The molecule has 0 saturated heterocycles. The van der Waals surface area contributed by atoms with Crippen LogP contribution in [-0.2, 0) is 0 Å². The van der Waals surface area contributed by atoms with Crippen LogP contribution in [0.15, 0.2) is 34.3 Å². The Balaban J connectivity index is 2.13. The van der Waals surface area contributed by atoms with Gasteiger partial charge in [-0.2, -0.15) is 0 Å². The molecule has 1 aliphatic carbocycles. The smallest absolute Gasteiger partial charge is 0.0695 e. The van der Waals surface area contributed by atoms with Gasteiger partial charge in [0.1, 0.15) is 0 Å². The number of hydrogen-bond acceptors (Lipinski definition) is 2. The minimum atomic E-state index is 0.157. The second kappa shape index (κ2) is 4.61. The van der Waals surface area contributed by atoms with E-state index in [2.05, 4.69) is 31.2 Å². The Morgan fingerprint density at radius 3 is 2.79 bits per heavy atom. The van der Waals surface area contributed by atoms with Crippen molar-refractivity contribution in [3.8, 4) is 0 Å². The summed E-state index contributed by atoms with van der Waals surface area (Å²) in [7, 11) is 0. The molecule has 1 aromatic heterocycles. The fourth-order valence-corrected chi connectivity index (χ4v) is 3.26. The molecule has 2 unspecified atom stereocenters. The van der Waals surface area contributed by atoms with Gasteiger partial charge in [0.25, 0.3) is 0 Å². The zero-order valence-corrected chi connectivity index (χ0v) is 12.1. The first kappa shape index (κ1) is 12.6. The molecule has 0 amide bonds. The quantitative estimate of drug-likeness (QED) is 0.698. The number of dihydropyridines is 1. The van der Waals surface area contributed by atoms with Gasteiger partial charge in [0, 0.05) is 28.3 Å². The van der Waals surface area contributed by atoms with Crippen molar-refractivity contribution in [3.63, 3.8) is 0 Å². The largest absolute Gasteiger partial charge is 0.285 e. The summed E-state index contributed by atoms with van der Waals surface area (Å²) in [6.45, 7) is 6.23. The van der Waals surface area contributed by atoms with Gasteiger partial charge in [-0.05, 0) is 31.6 Å². The summed E-state index contributed by atoms with van der Waals surface area (Å²) in [5.74, 6) is 0.446. The molecule has 98 valence electrons. The van der Waals surface area contributed by atoms with Crippen molar-refractivity contribution in [2.45, 2.75) is 32.7 Å². The number of fused-ring (bicyclic) bond motifs is 2. The van der Waals surface area contributed by atoms with Crippen molar-refractivity contribution in [2.75, 3.05) is 0 Å². The number of nitrogens with zero attached hydrogens (tertiary/aromatic N) is 2. The molecule has 3 atom stereocenters. The monoisotopic (exact) mass is 272 g/mol. The predicted molar refractivity (Wildman–Crippen MR) is 80.7 cm³/mol. The highest BCUT2D eigenvalue weighted by Crippen LogP contribution is 2.39. The van der Waals surface area contributed by atoms with Crippen molar-refractivity contribution < 1.29 is 0 Å². The highest BCUT2D eigenvalue weighted by molar-refractivity contribution is 6.32. The lowest BCUT2D eigenvalue weighted by molar-refractivity contribution is 0.490. The molecule has 0 fully saturated rings. The highest BCUT2D eigenvalue weighted by Gasteiger charge is 2.33. The molecule has 3 rings (SSSR count). The average molecular weight is 273 g/mol. The SMILES string of the molecule is CC1=NC2C(C=Cc3ccc(C)nc3[C@H]2C)C(Cl)=C1. The molecule has 2 aliphatic rings. The lowest BCUT2D eigenvalue weighted by Crippen LogP contribution is -2.27. The van der Waals surface area contributed by atoms with Crippen LogP contribution < -0.4 is 0 Å². The van der Waals surface area contributed by atoms with E-state index in [-0.39, 0.29) is 17.9 Å². The fraction of sp³-hybridized carbons (Fsp3) is 0.375. The lowest BCUT2D eigenvalue weighted by Gasteiger charge is -2.28. The summed E-state index contributed by atoms with van der Waals surface area (Å²) in [6.07, 6.45) is 6.27. The van der Waals surface area contributed by atoms with Crippen molar-refractivity contribution in [3.05, 3.63) is 46.3 Å². The number of aromatic nitrogens is 1. The number of allylic oxidation sites excluding steroid dienone is 1. The average Bonchev–Trinajstić information content (AvgIpc) is 2.49. The number of pyridine rings is 1. The van der Waals surface area contributed by atoms with Crippen molar-refractivity contribution in [1.82, 2.24) is 4.98 Å². The maximum atomic E-state index is 6.41. The second-order valence-corrected chi connectivity index (χ2v) is 5.83. The Morgan fingerprint density at radius 2 is 2.00 bits per heavy atom. The molecule has 0 saturated carbocycles. The molecule has 0 aromatic carbocycles. The molecule has 1 aliphatic heterocycles. The molecular formula is C16H17ClN2. The minimum Gasteiger partial charge on any atom is -0.285 e. The summed E-state index contributed by atoms with van der Waals surface area (Å²) >= 11 is 6.41. The third-order valence-electron chi connectivity index (χ3n) is 3.91. The zero-order chi connectivity index (χ0) is 13.6.